The van der Waals surface area contributed by atoms with Gasteiger partial charge >= 0.3 is 6.09 Å². The Labute approximate surface area is 124 Å². The Morgan fingerprint density at radius 3 is 2.10 bits per heavy atom. The second-order valence-corrected chi connectivity index (χ2v) is 5.69. The third-order valence-electron chi connectivity index (χ3n) is 4.61. The van der Waals surface area contributed by atoms with E-state index in [2.05, 4.69) is 24.3 Å². The quantitative estimate of drug-likeness (QED) is 0.841. The highest BCUT2D eigenvalue weighted by atomic mass is 16.6. The molecular weight excluding hydrogens is 262 g/mol. The van der Waals surface area contributed by atoms with Gasteiger partial charge in [-0.2, -0.15) is 0 Å². The van der Waals surface area contributed by atoms with Crippen LogP contribution in [0.2, 0.25) is 0 Å². The highest BCUT2D eigenvalue weighted by Crippen LogP contribution is 2.48. The van der Waals surface area contributed by atoms with E-state index >= 15 is 0 Å². The molecule has 106 valence electrons. The molecule has 0 saturated carbocycles. The lowest BCUT2D eigenvalue weighted by molar-refractivity contribution is 0.0670. The molecule has 2 heterocycles. The Kier molecular flexibility index (Phi) is 2.74. The number of fused-ring (bicyclic) bond motifs is 1. The number of carbonyl (C=O) groups excluding carboxylic acids is 1. The Morgan fingerprint density at radius 2 is 1.52 bits per heavy atom. The van der Waals surface area contributed by atoms with Gasteiger partial charge in [0.25, 0.3) is 0 Å². The number of cyclic esters (lactones) is 1. The van der Waals surface area contributed by atoms with Crippen LogP contribution < -0.4 is 0 Å². The van der Waals surface area contributed by atoms with E-state index < -0.39 is 5.60 Å². The number of carbonyl (C=O) groups is 1. The van der Waals surface area contributed by atoms with Gasteiger partial charge in [0, 0.05) is 17.7 Å². The lowest BCUT2D eigenvalue weighted by Gasteiger charge is -2.33. The van der Waals surface area contributed by atoms with Gasteiger partial charge < -0.3 is 9.64 Å². The van der Waals surface area contributed by atoms with Crippen LogP contribution in [0.3, 0.4) is 0 Å². The highest BCUT2D eigenvalue weighted by molar-refractivity contribution is 5.74. The van der Waals surface area contributed by atoms with E-state index in [1.54, 1.807) is 0 Å². The number of hydrogen-bond donors (Lipinski definition) is 0. The lowest BCUT2D eigenvalue weighted by atomic mass is 9.79. The smallest absolute Gasteiger partial charge is 0.411 e. The third kappa shape index (κ3) is 1.70. The molecule has 2 aromatic carbocycles. The highest BCUT2D eigenvalue weighted by Gasteiger charge is 2.57. The number of benzene rings is 2. The van der Waals surface area contributed by atoms with Crippen molar-refractivity contribution < 1.29 is 9.53 Å². The van der Waals surface area contributed by atoms with Crippen LogP contribution in [0.5, 0.6) is 0 Å². The Hall–Kier alpha value is -2.29. The van der Waals surface area contributed by atoms with E-state index in [1.165, 1.54) is 0 Å². The largest absolute Gasteiger partial charge is 0.431 e. The summed E-state index contributed by atoms with van der Waals surface area (Å²) in [5.41, 5.74) is 1.44. The van der Waals surface area contributed by atoms with Gasteiger partial charge in [0.1, 0.15) is 0 Å². The summed E-state index contributed by atoms with van der Waals surface area (Å²) in [6.45, 7) is 0.797. The number of hydrogen-bond acceptors (Lipinski definition) is 2. The SMILES string of the molecule is O=C1OC(c2ccccc2)(c2ccccc2)C2CCCN12. The summed E-state index contributed by atoms with van der Waals surface area (Å²) in [6.07, 6.45) is 1.83. The van der Waals surface area contributed by atoms with Crippen LogP contribution in [0.15, 0.2) is 60.7 Å². The number of ether oxygens (including phenoxy) is 1. The fourth-order valence-corrected chi connectivity index (χ4v) is 3.71. The molecule has 2 aliphatic heterocycles. The number of amides is 1. The first-order valence-corrected chi connectivity index (χ1v) is 7.43. The maximum Gasteiger partial charge on any atom is 0.411 e. The fourth-order valence-electron chi connectivity index (χ4n) is 3.71. The van der Waals surface area contributed by atoms with Gasteiger partial charge in [-0.25, -0.2) is 4.79 Å². The maximum atomic E-state index is 12.3. The molecule has 1 atom stereocenters. The molecule has 0 N–H and O–H groups in total. The predicted molar refractivity (Wildman–Crippen MR) is 79.9 cm³/mol. The summed E-state index contributed by atoms with van der Waals surface area (Å²) < 4.78 is 5.98. The molecule has 0 bridgehead atoms. The average Bonchev–Trinajstić information content (AvgIpc) is 3.13. The second-order valence-electron chi connectivity index (χ2n) is 5.69. The zero-order valence-corrected chi connectivity index (χ0v) is 11.7. The van der Waals surface area contributed by atoms with E-state index in [4.69, 9.17) is 4.74 Å². The molecule has 0 aliphatic carbocycles. The van der Waals surface area contributed by atoms with Crippen LogP contribution in [-0.2, 0) is 10.3 Å². The predicted octanol–water partition coefficient (Wildman–Crippen LogP) is 3.54. The Balaban J connectivity index is 1.94. The summed E-state index contributed by atoms with van der Waals surface area (Å²) in [5, 5.41) is 0. The van der Waals surface area contributed by atoms with Crippen molar-refractivity contribution in [2.24, 2.45) is 0 Å². The number of rotatable bonds is 2. The molecule has 4 rings (SSSR count). The molecule has 2 aromatic rings. The first-order valence-electron chi connectivity index (χ1n) is 7.43. The van der Waals surface area contributed by atoms with Gasteiger partial charge in [-0.1, -0.05) is 60.7 Å². The van der Waals surface area contributed by atoms with Crippen molar-refractivity contribution in [3.05, 3.63) is 71.8 Å². The molecular formula is C18H17NO2. The van der Waals surface area contributed by atoms with Crippen molar-refractivity contribution in [1.29, 1.82) is 0 Å². The molecule has 3 heteroatoms. The molecule has 3 nitrogen and oxygen atoms in total. The monoisotopic (exact) mass is 279 g/mol. The molecule has 21 heavy (non-hydrogen) atoms. The van der Waals surface area contributed by atoms with Gasteiger partial charge in [-0.05, 0) is 12.8 Å². The summed E-state index contributed by atoms with van der Waals surface area (Å²) in [4.78, 5) is 14.2. The van der Waals surface area contributed by atoms with Crippen molar-refractivity contribution in [2.45, 2.75) is 24.5 Å². The van der Waals surface area contributed by atoms with Crippen LogP contribution in [0.4, 0.5) is 4.79 Å². The second kappa shape index (κ2) is 4.62. The van der Waals surface area contributed by atoms with Crippen LogP contribution in [0.1, 0.15) is 24.0 Å². The van der Waals surface area contributed by atoms with Crippen molar-refractivity contribution in [3.63, 3.8) is 0 Å². The van der Waals surface area contributed by atoms with E-state index in [0.29, 0.717) is 0 Å². The van der Waals surface area contributed by atoms with Gasteiger partial charge in [-0.3, -0.25) is 0 Å². The standard InChI is InChI=1S/C18H17NO2/c20-17-19-13-7-12-16(19)18(21-17,14-8-3-1-4-9-14)15-10-5-2-6-11-15/h1-6,8-11,16H,7,12-13H2. The molecule has 0 spiro atoms. The first kappa shape index (κ1) is 12.5. The zero-order valence-electron chi connectivity index (χ0n) is 11.7. The van der Waals surface area contributed by atoms with Crippen LogP contribution >= 0.6 is 0 Å². The minimum atomic E-state index is -0.671. The minimum absolute atomic E-state index is 0.0924. The fraction of sp³-hybridized carbons (Fsp3) is 0.278. The van der Waals surface area contributed by atoms with E-state index in [0.717, 1.165) is 30.5 Å². The topological polar surface area (TPSA) is 29.5 Å². The Morgan fingerprint density at radius 1 is 0.952 bits per heavy atom. The summed E-state index contributed by atoms with van der Waals surface area (Å²) >= 11 is 0. The Bertz CT molecular complexity index is 614. The molecule has 0 aromatic heterocycles. The van der Waals surface area contributed by atoms with Crippen molar-refractivity contribution in [3.8, 4) is 0 Å². The van der Waals surface area contributed by atoms with Gasteiger partial charge in [0.05, 0.1) is 6.04 Å². The van der Waals surface area contributed by atoms with E-state index in [-0.39, 0.29) is 12.1 Å². The normalized spacial score (nSPS) is 23.0. The van der Waals surface area contributed by atoms with Crippen molar-refractivity contribution in [2.75, 3.05) is 6.54 Å². The van der Waals surface area contributed by atoms with Crippen molar-refractivity contribution in [1.82, 2.24) is 4.90 Å². The minimum Gasteiger partial charge on any atom is -0.431 e. The maximum absolute atomic E-state index is 12.3. The van der Waals surface area contributed by atoms with E-state index in [1.807, 2.05) is 41.3 Å². The van der Waals surface area contributed by atoms with Crippen molar-refractivity contribution >= 4 is 6.09 Å². The average molecular weight is 279 g/mol. The first-order chi connectivity index (χ1) is 10.3. The number of nitrogens with zero attached hydrogens (tertiary/aromatic N) is 1. The molecule has 0 radical (unpaired) electrons. The molecule has 2 fully saturated rings. The van der Waals surface area contributed by atoms with E-state index in [9.17, 15) is 4.79 Å². The van der Waals surface area contributed by atoms with Gasteiger partial charge in [-0.15, -0.1) is 0 Å². The molecule has 1 unspecified atom stereocenters. The third-order valence-corrected chi connectivity index (χ3v) is 4.61. The lowest BCUT2D eigenvalue weighted by Crippen LogP contribution is -2.40. The summed E-state index contributed by atoms with van der Waals surface area (Å²) in [7, 11) is 0. The molecule has 2 aliphatic rings. The van der Waals surface area contributed by atoms with Crippen LogP contribution in [0.25, 0.3) is 0 Å². The van der Waals surface area contributed by atoms with Gasteiger partial charge in [0.2, 0.25) is 0 Å². The molecule has 1 amide bonds. The zero-order chi connectivity index (χ0) is 14.3. The van der Waals surface area contributed by atoms with Crippen LogP contribution in [0, 0.1) is 0 Å². The summed E-state index contributed by atoms with van der Waals surface area (Å²) in [6, 6.07) is 20.3. The molecule has 2 saturated heterocycles. The van der Waals surface area contributed by atoms with Crippen LogP contribution in [-0.4, -0.2) is 23.6 Å². The van der Waals surface area contributed by atoms with Gasteiger partial charge in [0.15, 0.2) is 5.60 Å². The summed E-state index contributed by atoms with van der Waals surface area (Å²) in [5.74, 6) is 0.